The third kappa shape index (κ3) is 13.8. The fourth-order valence-electron chi connectivity index (χ4n) is 0.748. The fraction of sp³-hybridized carbons (Fsp3) is 1.00. The molecule has 0 aliphatic rings. The van der Waals surface area contributed by atoms with Gasteiger partial charge in [0.15, 0.2) is 0 Å². The average molecular weight is 352 g/mol. The van der Waals surface area contributed by atoms with Crippen molar-refractivity contribution >= 4 is 69.6 Å². The largest absolute Gasteiger partial charge is 0.330 e. The molecule has 0 unspecified atom stereocenters. The summed E-state index contributed by atoms with van der Waals surface area (Å²) in [4.78, 5) is 0. The van der Waals surface area contributed by atoms with Crippen molar-refractivity contribution < 1.29 is 0 Å². The minimum Gasteiger partial charge on any atom is -0.330 e. The Balaban J connectivity index is 0. The van der Waals surface area contributed by atoms with E-state index in [1.54, 1.807) is 0 Å². The van der Waals surface area contributed by atoms with Crippen molar-refractivity contribution in [3.63, 3.8) is 0 Å². The molecule has 0 aromatic rings. The average Bonchev–Trinajstić information content (AvgIpc) is 2.10. The Morgan fingerprint density at radius 2 is 1.12 bits per heavy atom. The standard InChI is InChI=1S/C7H17N.C2Cl6/c1-2-3-4-5-6-7-8;3-1(4,5)2(6,7)8/h2-8H2,1H3;. The summed E-state index contributed by atoms with van der Waals surface area (Å²) in [5.41, 5.74) is 5.31. The van der Waals surface area contributed by atoms with Crippen molar-refractivity contribution in [2.75, 3.05) is 6.54 Å². The van der Waals surface area contributed by atoms with Crippen LogP contribution in [-0.4, -0.2) is 14.1 Å². The lowest BCUT2D eigenvalue weighted by Gasteiger charge is -2.19. The number of rotatable bonds is 5. The molecule has 7 heteroatoms. The van der Waals surface area contributed by atoms with Crippen LogP contribution in [0.3, 0.4) is 0 Å². The molecule has 0 aliphatic carbocycles. The summed E-state index contributed by atoms with van der Waals surface area (Å²) in [6, 6.07) is 0. The monoisotopic (exact) mass is 349 g/mol. The first-order chi connectivity index (χ1) is 7.16. The van der Waals surface area contributed by atoms with Crippen molar-refractivity contribution in [3.05, 3.63) is 0 Å². The van der Waals surface area contributed by atoms with Crippen molar-refractivity contribution in [1.82, 2.24) is 0 Å². The van der Waals surface area contributed by atoms with E-state index in [-0.39, 0.29) is 0 Å². The lowest BCUT2D eigenvalue weighted by atomic mass is 10.2. The number of unbranched alkanes of at least 4 members (excludes halogenated alkanes) is 4. The molecule has 0 spiro atoms. The minimum atomic E-state index is -1.85. The van der Waals surface area contributed by atoms with Gasteiger partial charge in [0.1, 0.15) is 0 Å². The van der Waals surface area contributed by atoms with Crippen LogP contribution in [-0.2, 0) is 0 Å². The van der Waals surface area contributed by atoms with Crippen LogP contribution in [0.1, 0.15) is 39.0 Å². The molecule has 0 saturated heterocycles. The molecule has 0 aromatic carbocycles. The molecule has 0 aromatic heterocycles. The van der Waals surface area contributed by atoms with Crippen LogP contribution < -0.4 is 5.73 Å². The normalized spacial score (nSPS) is 12.0. The van der Waals surface area contributed by atoms with Crippen molar-refractivity contribution in [2.24, 2.45) is 5.73 Å². The van der Waals surface area contributed by atoms with Gasteiger partial charge in [0.25, 0.3) is 0 Å². The van der Waals surface area contributed by atoms with E-state index in [9.17, 15) is 0 Å². The predicted octanol–water partition coefficient (Wildman–Crippen LogP) is 5.64. The van der Waals surface area contributed by atoms with E-state index in [1.165, 1.54) is 32.1 Å². The van der Waals surface area contributed by atoms with E-state index >= 15 is 0 Å². The van der Waals surface area contributed by atoms with Gasteiger partial charge in [-0.2, -0.15) is 0 Å². The second-order valence-corrected chi connectivity index (χ2v) is 7.76. The molecule has 0 heterocycles. The van der Waals surface area contributed by atoms with Crippen LogP contribution in [0.5, 0.6) is 0 Å². The highest BCUT2D eigenvalue weighted by Gasteiger charge is 2.43. The van der Waals surface area contributed by atoms with Gasteiger partial charge in [0, 0.05) is 0 Å². The number of nitrogens with two attached hydrogens (primary N) is 1. The summed E-state index contributed by atoms with van der Waals surface area (Å²) in [5.74, 6) is 0. The molecule has 0 rings (SSSR count). The van der Waals surface area contributed by atoms with Gasteiger partial charge in [0.05, 0.1) is 0 Å². The first-order valence-electron chi connectivity index (χ1n) is 5.00. The molecule has 0 amide bonds. The summed E-state index contributed by atoms with van der Waals surface area (Å²) in [6.45, 7) is 3.09. The topological polar surface area (TPSA) is 26.0 Å². The zero-order valence-corrected chi connectivity index (χ0v) is 13.6. The lowest BCUT2D eigenvalue weighted by molar-refractivity contribution is 0.638. The molecular weight excluding hydrogens is 335 g/mol. The third-order valence-corrected chi connectivity index (χ3v) is 4.20. The zero-order valence-electron chi connectivity index (χ0n) is 9.09. The minimum absolute atomic E-state index is 0.865. The maximum absolute atomic E-state index is 5.31. The van der Waals surface area contributed by atoms with Crippen molar-refractivity contribution in [3.8, 4) is 0 Å². The Morgan fingerprint density at radius 1 is 0.750 bits per heavy atom. The molecule has 0 fully saturated rings. The van der Waals surface area contributed by atoms with Gasteiger partial charge in [-0.15, -0.1) is 0 Å². The van der Waals surface area contributed by atoms with E-state index < -0.39 is 7.59 Å². The van der Waals surface area contributed by atoms with E-state index in [1.807, 2.05) is 0 Å². The van der Waals surface area contributed by atoms with E-state index in [0.717, 1.165) is 6.54 Å². The SMILES string of the molecule is CCCCCCCN.ClC(Cl)(Cl)C(Cl)(Cl)Cl. The van der Waals surface area contributed by atoms with Crippen LogP contribution >= 0.6 is 69.6 Å². The van der Waals surface area contributed by atoms with Crippen LogP contribution in [0.15, 0.2) is 0 Å². The number of hydrogen-bond donors (Lipinski definition) is 1. The number of hydrogen-bond acceptors (Lipinski definition) is 1. The second-order valence-electron chi connectivity index (χ2n) is 3.20. The summed E-state index contributed by atoms with van der Waals surface area (Å²) in [6.07, 6.45) is 6.60. The second kappa shape index (κ2) is 10.6. The number of halogens is 6. The van der Waals surface area contributed by atoms with Gasteiger partial charge < -0.3 is 5.73 Å². The van der Waals surface area contributed by atoms with Gasteiger partial charge >= 0.3 is 0 Å². The third-order valence-electron chi connectivity index (χ3n) is 1.63. The molecule has 100 valence electrons. The highest BCUT2D eigenvalue weighted by atomic mass is 35.6. The van der Waals surface area contributed by atoms with E-state index in [4.69, 9.17) is 75.3 Å². The Hall–Kier alpha value is 1.70. The first-order valence-corrected chi connectivity index (χ1v) is 7.27. The summed E-state index contributed by atoms with van der Waals surface area (Å²) in [7, 11) is 0. The molecule has 2 N–H and O–H groups in total. The maximum Gasteiger partial charge on any atom is 0.236 e. The highest BCUT2D eigenvalue weighted by molar-refractivity contribution is 6.83. The molecule has 0 aliphatic heterocycles. The molecule has 0 bridgehead atoms. The maximum atomic E-state index is 5.31. The van der Waals surface area contributed by atoms with E-state index in [0.29, 0.717) is 0 Å². The first kappa shape index (κ1) is 20.0. The highest BCUT2D eigenvalue weighted by Crippen LogP contribution is 2.48. The summed E-state index contributed by atoms with van der Waals surface area (Å²) in [5, 5.41) is 0. The van der Waals surface area contributed by atoms with Gasteiger partial charge in [-0.1, -0.05) is 102 Å². The van der Waals surface area contributed by atoms with Crippen LogP contribution in [0.2, 0.25) is 0 Å². The molecule has 16 heavy (non-hydrogen) atoms. The zero-order chi connectivity index (χ0) is 13.2. The molecule has 1 nitrogen and oxygen atoms in total. The van der Waals surface area contributed by atoms with Crippen LogP contribution in [0, 0.1) is 0 Å². The number of alkyl halides is 6. The predicted molar refractivity (Wildman–Crippen MR) is 78.4 cm³/mol. The molecular formula is C9H17Cl6N. The molecule has 0 atom stereocenters. The van der Waals surface area contributed by atoms with Crippen molar-refractivity contribution in [2.45, 2.75) is 46.6 Å². The molecule has 0 saturated carbocycles. The van der Waals surface area contributed by atoms with E-state index in [2.05, 4.69) is 6.92 Å². The smallest absolute Gasteiger partial charge is 0.236 e. The van der Waals surface area contributed by atoms with Gasteiger partial charge in [-0.05, 0) is 13.0 Å². The Kier molecular flexibility index (Phi) is 13.3. The van der Waals surface area contributed by atoms with Crippen LogP contribution in [0.25, 0.3) is 0 Å². The summed E-state index contributed by atoms with van der Waals surface area (Å²) < 4.78 is -3.70. The Labute approximate surface area is 128 Å². The van der Waals surface area contributed by atoms with Crippen molar-refractivity contribution in [1.29, 1.82) is 0 Å². The van der Waals surface area contributed by atoms with Gasteiger partial charge in [-0.25, -0.2) is 0 Å². The lowest BCUT2D eigenvalue weighted by Crippen LogP contribution is -2.23. The molecule has 0 radical (unpaired) electrons. The Morgan fingerprint density at radius 3 is 1.38 bits per heavy atom. The van der Waals surface area contributed by atoms with Gasteiger partial charge in [-0.3, -0.25) is 0 Å². The summed E-state index contributed by atoms with van der Waals surface area (Å²) >= 11 is 30.9. The Bertz CT molecular complexity index is 133. The quantitative estimate of drug-likeness (QED) is 0.503. The van der Waals surface area contributed by atoms with Crippen LogP contribution in [0.4, 0.5) is 0 Å². The fourth-order valence-corrected chi connectivity index (χ4v) is 0.748. The van der Waals surface area contributed by atoms with Gasteiger partial charge in [0.2, 0.25) is 7.59 Å².